The molecule has 1 aliphatic carbocycles. The Balaban J connectivity index is 1.38. The van der Waals surface area contributed by atoms with Gasteiger partial charge in [0.2, 0.25) is 0 Å². The lowest BCUT2D eigenvalue weighted by Gasteiger charge is -2.09. The number of aryl methyl sites for hydroxylation is 4. The molecule has 0 aliphatic heterocycles. The van der Waals surface area contributed by atoms with Crippen LogP contribution in [0.2, 0.25) is 0 Å². The van der Waals surface area contributed by atoms with Crippen LogP contribution in [-0.2, 0) is 19.3 Å². The molecule has 2 heterocycles. The van der Waals surface area contributed by atoms with Gasteiger partial charge in [-0.25, -0.2) is 0 Å². The highest BCUT2D eigenvalue weighted by Gasteiger charge is 2.28. The normalized spacial score (nSPS) is 12.7. The third-order valence-electron chi connectivity index (χ3n) is 6.68. The Labute approximate surface area is 203 Å². The van der Waals surface area contributed by atoms with Gasteiger partial charge >= 0.3 is 0 Å². The largest absolute Gasteiger partial charge is 0.451 e. The molecule has 0 unspecified atom stereocenters. The number of furan rings is 1. The summed E-state index contributed by atoms with van der Waals surface area (Å²) < 4.78 is 5.95. The predicted octanol–water partition coefficient (Wildman–Crippen LogP) is 6.13. The molecule has 4 aromatic rings. The minimum Gasteiger partial charge on any atom is -0.451 e. The fourth-order valence-corrected chi connectivity index (χ4v) is 5.92. The van der Waals surface area contributed by atoms with Crippen molar-refractivity contribution in [2.45, 2.75) is 46.5 Å². The Kier molecular flexibility index (Phi) is 6.00. The molecule has 0 saturated heterocycles. The highest BCUT2D eigenvalue weighted by atomic mass is 32.1. The number of amides is 2. The molecule has 174 valence electrons. The van der Waals surface area contributed by atoms with E-state index in [0.717, 1.165) is 53.3 Å². The first-order valence-electron chi connectivity index (χ1n) is 11.7. The molecule has 1 aliphatic rings. The Morgan fingerprint density at radius 2 is 1.76 bits per heavy atom. The van der Waals surface area contributed by atoms with Crippen LogP contribution in [0.3, 0.4) is 0 Å². The maximum absolute atomic E-state index is 13.2. The van der Waals surface area contributed by atoms with Gasteiger partial charge in [-0.2, -0.15) is 0 Å². The van der Waals surface area contributed by atoms with Crippen molar-refractivity contribution in [3.63, 3.8) is 0 Å². The van der Waals surface area contributed by atoms with Gasteiger partial charge in [0, 0.05) is 22.4 Å². The van der Waals surface area contributed by atoms with Gasteiger partial charge in [-0.05, 0) is 80.8 Å². The summed E-state index contributed by atoms with van der Waals surface area (Å²) >= 11 is 1.51. The third kappa shape index (κ3) is 4.14. The molecule has 2 aromatic carbocycles. The first-order chi connectivity index (χ1) is 16.4. The second kappa shape index (κ2) is 9.11. The van der Waals surface area contributed by atoms with E-state index in [2.05, 4.69) is 35.8 Å². The van der Waals surface area contributed by atoms with Crippen LogP contribution in [0, 0.1) is 20.8 Å². The van der Waals surface area contributed by atoms with Gasteiger partial charge in [0.15, 0.2) is 5.76 Å². The van der Waals surface area contributed by atoms with Crippen LogP contribution >= 0.6 is 11.3 Å². The Hall–Kier alpha value is -3.38. The fourth-order valence-electron chi connectivity index (χ4n) is 4.64. The van der Waals surface area contributed by atoms with E-state index in [1.165, 1.54) is 21.8 Å². The van der Waals surface area contributed by atoms with Gasteiger partial charge in [0.1, 0.15) is 10.6 Å². The molecule has 6 heteroatoms. The van der Waals surface area contributed by atoms with E-state index in [-0.39, 0.29) is 11.8 Å². The minimum atomic E-state index is -0.317. The molecule has 0 atom stereocenters. The van der Waals surface area contributed by atoms with E-state index < -0.39 is 0 Å². The summed E-state index contributed by atoms with van der Waals surface area (Å²) in [7, 11) is 0. The van der Waals surface area contributed by atoms with E-state index in [1.54, 1.807) is 0 Å². The summed E-state index contributed by atoms with van der Waals surface area (Å²) in [5.74, 6) is -0.149. The summed E-state index contributed by atoms with van der Waals surface area (Å²) in [5.41, 5.74) is 6.67. The van der Waals surface area contributed by atoms with Gasteiger partial charge in [-0.1, -0.05) is 30.3 Å². The first-order valence-corrected chi connectivity index (χ1v) is 12.5. The minimum absolute atomic E-state index is 0.127. The van der Waals surface area contributed by atoms with Gasteiger partial charge < -0.3 is 15.1 Å². The van der Waals surface area contributed by atoms with Crippen LogP contribution in [0.15, 0.2) is 46.9 Å². The number of nitrogens with one attached hydrogen (secondary N) is 2. The van der Waals surface area contributed by atoms with Crippen LogP contribution in [0.4, 0.5) is 5.00 Å². The van der Waals surface area contributed by atoms with E-state index in [1.807, 2.05) is 38.1 Å². The molecular formula is C28H28N2O3S. The molecule has 34 heavy (non-hydrogen) atoms. The molecule has 0 radical (unpaired) electrons. The van der Waals surface area contributed by atoms with Crippen LogP contribution < -0.4 is 10.6 Å². The van der Waals surface area contributed by atoms with Crippen LogP contribution in [-0.4, -0.2) is 18.4 Å². The number of carbonyl (C=O) groups excluding carboxylic acids is 2. The average molecular weight is 473 g/mol. The standard InChI is InChI=1S/C28H28N2O3S/c1-16-14-21-18(3)25(33-22(21)15-17(16)2)27(32)30-28-24(20-10-7-11-23(20)34-28)26(31)29-13-12-19-8-5-4-6-9-19/h4-6,8-9,14-15H,7,10-13H2,1-3H3,(H,29,31)(H,30,32). The summed E-state index contributed by atoms with van der Waals surface area (Å²) in [6.45, 7) is 6.53. The lowest BCUT2D eigenvalue weighted by molar-refractivity contribution is 0.0954. The Morgan fingerprint density at radius 1 is 1.00 bits per heavy atom. The van der Waals surface area contributed by atoms with Gasteiger partial charge in [-0.3, -0.25) is 9.59 Å². The number of thiophene rings is 1. The lowest BCUT2D eigenvalue weighted by Crippen LogP contribution is -2.27. The average Bonchev–Trinajstić information content (AvgIpc) is 3.48. The lowest BCUT2D eigenvalue weighted by atomic mass is 10.0. The molecule has 0 saturated carbocycles. The number of hydrogen-bond donors (Lipinski definition) is 2. The predicted molar refractivity (Wildman–Crippen MR) is 137 cm³/mol. The highest BCUT2D eigenvalue weighted by Crippen LogP contribution is 2.39. The first kappa shape index (κ1) is 22.4. The fraction of sp³-hybridized carbons (Fsp3) is 0.286. The van der Waals surface area contributed by atoms with Crippen molar-refractivity contribution >= 4 is 39.1 Å². The van der Waals surface area contributed by atoms with Gasteiger partial charge in [0.05, 0.1) is 5.56 Å². The molecule has 2 N–H and O–H groups in total. The third-order valence-corrected chi connectivity index (χ3v) is 7.88. The zero-order chi connectivity index (χ0) is 23.8. The zero-order valence-corrected chi connectivity index (χ0v) is 20.5. The molecule has 0 spiro atoms. The van der Waals surface area contributed by atoms with Crippen LogP contribution in [0.1, 0.15) is 60.0 Å². The second-order valence-corrected chi connectivity index (χ2v) is 10.1. The molecule has 2 aromatic heterocycles. The summed E-state index contributed by atoms with van der Waals surface area (Å²) in [6, 6.07) is 14.1. The Bertz CT molecular complexity index is 1400. The van der Waals surface area contributed by atoms with Crippen LogP contribution in [0.25, 0.3) is 11.0 Å². The summed E-state index contributed by atoms with van der Waals surface area (Å²) in [5, 5.41) is 7.61. The molecule has 0 fully saturated rings. The number of benzene rings is 2. The maximum atomic E-state index is 13.2. The molecule has 2 amide bonds. The van der Waals surface area contributed by atoms with Crippen LogP contribution in [0.5, 0.6) is 0 Å². The topological polar surface area (TPSA) is 71.3 Å². The van der Waals surface area contributed by atoms with Crippen molar-refractivity contribution in [3.05, 3.63) is 86.5 Å². The maximum Gasteiger partial charge on any atom is 0.292 e. The van der Waals surface area contributed by atoms with Crippen molar-refractivity contribution in [3.8, 4) is 0 Å². The van der Waals surface area contributed by atoms with E-state index >= 15 is 0 Å². The second-order valence-electron chi connectivity index (χ2n) is 9.00. The van der Waals surface area contributed by atoms with Gasteiger partial charge in [0.25, 0.3) is 11.8 Å². The quantitative estimate of drug-likeness (QED) is 0.354. The molecular weight excluding hydrogens is 444 g/mol. The summed E-state index contributed by atoms with van der Waals surface area (Å²) in [6.07, 6.45) is 3.62. The van der Waals surface area contributed by atoms with E-state index in [0.29, 0.717) is 28.5 Å². The number of rotatable bonds is 6. The Morgan fingerprint density at radius 3 is 2.56 bits per heavy atom. The number of carbonyl (C=O) groups is 2. The van der Waals surface area contributed by atoms with E-state index in [9.17, 15) is 9.59 Å². The van der Waals surface area contributed by atoms with E-state index in [4.69, 9.17) is 4.42 Å². The SMILES string of the molecule is Cc1cc2oc(C(=O)Nc3sc4c(c3C(=O)NCCc3ccccc3)CCC4)c(C)c2cc1C. The number of hydrogen-bond acceptors (Lipinski definition) is 4. The van der Waals surface area contributed by atoms with Crippen molar-refractivity contribution in [1.29, 1.82) is 0 Å². The molecule has 5 nitrogen and oxygen atoms in total. The molecule has 0 bridgehead atoms. The number of anilines is 1. The molecule has 5 rings (SSSR count). The van der Waals surface area contributed by atoms with Gasteiger partial charge in [-0.15, -0.1) is 11.3 Å². The van der Waals surface area contributed by atoms with Crippen molar-refractivity contribution < 1.29 is 14.0 Å². The van der Waals surface area contributed by atoms with Crippen molar-refractivity contribution in [2.24, 2.45) is 0 Å². The monoisotopic (exact) mass is 472 g/mol. The summed E-state index contributed by atoms with van der Waals surface area (Å²) in [4.78, 5) is 27.6. The van der Waals surface area contributed by atoms with Crippen molar-refractivity contribution in [1.82, 2.24) is 5.32 Å². The zero-order valence-electron chi connectivity index (χ0n) is 19.7. The van der Waals surface area contributed by atoms with Crippen molar-refractivity contribution in [2.75, 3.05) is 11.9 Å². The highest BCUT2D eigenvalue weighted by molar-refractivity contribution is 7.17. The smallest absolute Gasteiger partial charge is 0.292 e. The number of fused-ring (bicyclic) bond motifs is 2.